The molecule has 7 heteroatoms. The van der Waals surface area contributed by atoms with Gasteiger partial charge in [-0.15, -0.1) is 0 Å². The fourth-order valence-corrected chi connectivity index (χ4v) is 2.94. The lowest BCUT2D eigenvalue weighted by molar-refractivity contribution is -0.105. The number of hydrogen-bond donors (Lipinski definition) is 1. The third-order valence-corrected chi connectivity index (χ3v) is 4.49. The fraction of sp³-hybridized carbons (Fsp3) is 0.250. The Bertz CT molecular complexity index is 947. The maximum atomic E-state index is 12.2. The predicted octanol–water partition coefficient (Wildman–Crippen LogP) is 3.33. The summed E-state index contributed by atoms with van der Waals surface area (Å²) in [7, 11) is 0. The number of benzene rings is 2. The van der Waals surface area contributed by atoms with Crippen LogP contribution in [-0.2, 0) is 27.4 Å². The van der Waals surface area contributed by atoms with Crippen molar-refractivity contribution in [1.82, 2.24) is 9.55 Å². The molecule has 0 saturated carbocycles. The molecule has 2 aromatic carbocycles. The minimum Gasteiger partial charge on any atom is -0.383 e. The van der Waals surface area contributed by atoms with Crippen LogP contribution in [0.2, 0.25) is 0 Å². The number of nitrogens with zero attached hydrogens (tertiary/aromatic N) is 2. The van der Waals surface area contributed by atoms with E-state index in [9.17, 15) is 4.79 Å². The first kappa shape index (κ1) is 22.4. The van der Waals surface area contributed by atoms with Gasteiger partial charge < -0.3 is 19.9 Å². The Kier molecular flexibility index (Phi) is 8.54. The van der Waals surface area contributed by atoms with Crippen molar-refractivity contribution in [2.75, 3.05) is 18.9 Å². The molecule has 0 fully saturated rings. The standard InChI is InChI=1S/C24H27N3O4/c1-2-23(27-14-13-22(25)26-24(27)28)31-21(17-29-15-19-9-5-3-6-10-19)18-30-16-20-11-7-4-8-12-20/h2-14,21,23H,1,15-18H2,(H2,25,26,28)/t23-/m0/s1. The molecule has 3 aromatic rings. The minimum absolute atomic E-state index is 0.151. The topological polar surface area (TPSA) is 88.6 Å². The molecule has 162 valence electrons. The van der Waals surface area contributed by atoms with Gasteiger partial charge in [-0.2, -0.15) is 4.98 Å². The molecule has 0 amide bonds. The second-order valence-electron chi connectivity index (χ2n) is 6.93. The highest BCUT2D eigenvalue weighted by molar-refractivity contribution is 5.23. The van der Waals surface area contributed by atoms with Crippen LogP contribution in [0, 0.1) is 0 Å². The Balaban J connectivity index is 1.63. The van der Waals surface area contributed by atoms with Gasteiger partial charge in [0.1, 0.15) is 11.9 Å². The van der Waals surface area contributed by atoms with E-state index in [1.165, 1.54) is 22.9 Å². The van der Waals surface area contributed by atoms with Gasteiger partial charge in [0.05, 0.1) is 26.4 Å². The number of anilines is 1. The zero-order valence-corrected chi connectivity index (χ0v) is 17.3. The lowest BCUT2D eigenvalue weighted by Gasteiger charge is -2.24. The zero-order chi connectivity index (χ0) is 21.9. The second kappa shape index (κ2) is 11.8. The molecule has 1 heterocycles. The van der Waals surface area contributed by atoms with E-state index >= 15 is 0 Å². The highest BCUT2D eigenvalue weighted by Gasteiger charge is 2.18. The number of rotatable bonds is 12. The van der Waals surface area contributed by atoms with Crippen LogP contribution in [0.5, 0.6) is 0 Å². The van der Waals surface area contributed by atoms with Crippen molar-refractivity contribution >= 4 is 5.82 Å². The molecule has 7 nitrogen and oxygen atoms in total. The van der Waals surface area contributed by atoms with E-state index in [0.717, 1.165) is 11.1 Å². The summed E-state index contributed by atoms with van der Waals surface area (Å²) in [4.78, 5) is 15.9. The molecule has 0 spiro atoms. The number of hydrogen-bond acceptors (Lipinski definition) is 6. The zero-order valence-electron chi connectivity index (χ0n) is 17.3. The van der Waals surface area contributed by atoms with Crippen molar-refractivity contribution in [1.29, 1.82) is 0 Å². The summed E-state index contributed by atoms with van der Waals surface area (Å²) < 4.78 is 19.1. The lowest BCUT2D eigenvalue weighted by Crippen LogP contribution is -2.33. The molecule has 0 aliphatic carbocycles. The highest BCUT2D eigenvalue weighted by Crippen LogP contribution is 2.13. The van der Waals surface area contributed by atoms with Crippen LogP contribution in [-0.4, -0.2) is 28.9 Å². The third-order valence-electron chi connectivity index (χ3n) is 4.49. The molecule has 0 saturated heterocycles. The number of nitrogens with two attached hydrogens (primary N) is 1. The van der Waals surface area contributed by atoms with Gasteiger partial charge in [-0.25, -0.2) is 4.79 Å². The summed E-state index contributed by atoms with van der Waals surface area (Å²) in [6.45, 7) is 5.24. The van der Waals surface area contributed by atoms with Crippen LogP contribution in [0.15, 0.2) is 90.4 Å². The average molecular weight is 421 g/mol. The summed E-state index contributed by atoms with van der Waals surface area (Å²) in [6, 6.07) is 21.3. The Morgan fingerprint density at radius 3 is 1.97 bits per heavy atom. The van der Waals surface area contributed by atoms with Crippen molar-refractivity contribution in [3.63, 3.8) is 0 Å². The summed E-state index contributed by atoms with van der Waals surface area (Å²) in [6.07, 6.45) is 1.90. The molecule has 1 atom stereocenters. The van der Waals surface area contributed by atoms with Crippen LogP contribution in [0.4, 0.5) is 5.82 Å². The van der Waals surface area contributed by atoms with E-state index < -0.39 is 18.0 Å². The molecule has 2 N–H and O–H groups in total. The first-order valence-corrected chi connectivity index (χ1v) is 10.0. The molecule has 1 aromatic heterocycles. The molecule has 0 aliphatic rings. The van der Waals surface area contributed by atoms with Crippen LogP contribution < -0.4 is 11.4 Å². The second-order valence-corrected chi connectivity index (χ2v) is 6.93. The first-order chi connectivity index (χ1) is 15.2. The van der Waals surface area contributed by atoms with Crippen molar-refractivity contribution in [3.8, 4) is 0 Å². The van der Waals surface area contributed by atoms with Crippen molar-refractivity contribution < 1.29 is 14.2 Å². The van der Waals surface area contributed by atoms with Gasteiger partial charge in [-0.1, -0.05) is 67.2 Å². The molecule has 3 rings (SSSR count). The Morgan fingerprint density at radius 1 is 0.935 bits per heavy atom. The van der Waals surface area contributed by atoms with Gasteiger partial charge in [0.25, 0.3) is 0 Å². The van der Waals surface area contributed by atoms with E-state index in [4.69, 9.17) is 19.9 Å². The van der Waals surface area contributed by atoms with Crippen LogP contribution in [0.1, 0.15) is 17.4 Å². The Hall–Kier alpha value is -3.26. The normalized spacial score (nSPS) is 12.0. The minimum atomic E-state index is -0.730. The summed E-state index contributed by atoms with van der Waals surface area (Å²) in [5, 5.41) is 0. The number of aromatic nitrogens is 2. The van der Waals surface area contributed by atoms with E-state index in [2.05, 4.69) is 11.6 Å². The van der Waals surface area contributed by atoms with Crippen molar-refractivity contribution in [2.45, 2.75) is 25.5 Å². The molecule has 0 radical (unpaired) electrons. The highest BCUT2D eigenvalue weighted by atomic mass is 16.6. The van der Waals surface area contributed by atoms with E-state index in [1.807, 2.05) is 60.7 Å². The van der Waals surface area contributed by atoms with Crippen molar-refractivity contribution in [3.05, 3.63) is 107 Å². The fourth-order valence-electron chi connectivity index (χ4n) is 2.94. The van der Waals surface area contributed by atoms with Gasteiger partial charge in [0.15, 0.2) is 6.23 Å². The van der Waals surface area contributed by atoms with Gasteiger partial charge in [-0.05, 0) is 23.3 Å². The Morgan fingerprint density at radius 2 is 1.48 bits per heavy atom. The monoisotopic (exact) mass is 421 g/mol. The van der Waals surface area contributed by atoms with Crippen LogP contribution >= 0.6 is 0 Å². The SMILES string of the molecule is C=C[C@H](OC(COCc1ccccc1)COCc1ccccc1)n1ccc(N)nc1=O. The molecule has 0 bridgehead atoms. The van der Waals surface area contributed by atoms with Crippen LogP contribution in [0.25, 0.3) is 0 Å². The van der Waals surface area contributed by atoms with E-state index in [0.29, 0.717) is 13.2 Å². The van der Waals surface area contributed by atoms with Crippen molar-refractivity contribution in [2.24, 2.45) is 0 Å². The maximum Gasteiger partial charge on any atom is 0.351 e. The summed E-state index contributed by atoms with van der Waals surface area (Å²) >= 11 is 0. The quantitative estimate of drug-likeness (QED) is 0.451. The number of nitrogen functional groups attached to an aromatic ring is 1. The molecule has 31 heavy (non-hydrogen) atoms. The maximum absolute atomic E-state index is 12.2. The number of ether oxygens (including phenoxy) is 3. The molecule has 0 aliphatic heterocycles. The molecular formula is C24H27N3O4. The molecular weight excluding hydrogens is 394 g/mol. The van der Waals surface area contributed by atoms with Crippen LogP contribution in [0.3, 0.4) is 0 Å². The van der Waals surface area contributed by atoms with Gasteiger partial charge in [0.2, 0.25) is 0 Å². The average Bonchev–Trinajstić information content (AvgIpc) is 2.79. The summed E-state index contributed by atoms with van der Waals surface area (Å²) in [5.74, 6) is 0.151. The van der Waals surface area contributed by atoms with Gasteiger partial charge in [0, 0.05) is 6.20 Å². The van der Waals surface area contributed by atoms with E-state index in [1.54, 1.807) is 0 Å². The smallest absolute Gasteiger partial charge is 0.351 e. The lowest BCUT2D eigenvalue weighted by atomic mass is 10.2. The predicted molar refractivity (Wildman–Crippen MR) is 119 cm³/mol. The Labute approximate surface area is 181 Å². The third kappa shape index (κ3) is 7.18. The van der Waals surface area contributed by atoms with Gasteiger partial charge >= 0.3 is 5.69 Å². The van der Waals surface area contributed by atoms with Gasteiger partial charge in [-0.3, -0.25) is 4.57 Å². The van der Waals surface area contributed by atoms with E-state index in [-0.39, 0.29) is 19.0 Å². The summed E-state index contributed by atoms with van der Waals surface area (Å²) in [5.41, 5.74) is 7.19. The molecule has 0 unspecified atom stereocenters. The first-order valence-electron chi connectivity index (χ1n) is 10.0. The largest absolute Gasteiger partial charge is 0.383 e.